The Balaban J connectivity index is 1.88. The van der Waals surface area contributed by atoms with Gasteiger partial charge >= 0.3 is 5.97 Å². The van der Waals surface area contributed by atoms with E-state index in [9.17, 15) is 19.5 Å². The number of rotatable bonds is 5. The highest BCUT2D eigenvalue weighted by Crippen LogP contribution is 2.30. The molecule has 26 heavy (non-hydrogen) atoms. The van der Waals surface area contributed by atoms with Gasteiger partial charge in [0, 0.05) is 5.02 Å². The lowest BCUT2D eigenvalue weighted by atomic mass is 9.79. The minimum atomic E-state index is -0.995. The van der Waals surface area contributed by atoms with Crippen LogP contribution < -0.4 is 15.6 Å². The van der Waals surface area contributed by atoms with Gasteiger partial charge < -0.3 is 9.84 Å². The molecule has 142 valence electrons. The van der Waals surface area contributed by atoms with E-state index < -0.39 is 35.7 Å². The zero-order valence-electron chi connectivity index (χ0n) is 14.1. The van der Waals surface area contributed by atoms with Crippen molar-refractivity contribution in [1.29, 1.82) is 0 Å². The van der Waals surface area contributed by atoms with Crippen LogP contribution in [0.3, 0.4) is 0 Å². The van der Waals surface area contributed by atoms with Gasteiger partial charge in [0.25, 0.3) is 5.91 Å². The smallest absolute Gasteiger partial charge is 0.307 e. The van der Waals surface area contributed by atoms with Crippen molar-refractivity contribution in [1.82, 2.24) is 10.9 Å². The molecule has 1 aromatic carbocycles. The Morgan fingerprint density at radius 2 is 1.81 bits per heavy atom. The van der Waals surface area contributed by atoms with Crippen molar-refractivity contribution in [2.24, 2.45) is 11.8 Å². The highest BCUT2D eigenvalue weighted by Gasteiger charge is 2.36. The molecule has 0 aromatic heterocycles. The number of nitrogens with one attached hydrogen (secondary N) is 2. The third-order valence-corrected chi connectivity index (χ3v) is 4.83. The molecule has 7 nitrogen and oxygen atoms in total. The van der Waals surface area contributed by atoms with Crippen LogP contribution in [0.4, 0.5) is 0 Å². The average Bonchev–Trinajstić information content (AvgIpc) is 2.61. The molecule has 1 aliphatic carbocycles. The fourth-order valence-electron chi connectivity index (χ4n) is 2.87. The number of hydrazine groups is 1. The fraction of sp³-hybridized carbons (Fsp3) is 0.471. The van der Waals surface area contributed by atoms with E-state index in [1.54, 1.807) is 6.07 Å². The quantitative estimate of drug-likeness (QED) is 0.656. The van der Waals surface area contributed by atoms with Crippen molar-refractivity contribution in [3.63, 3.8) is 0 Å². The van der Waals surface area contributed by atoms with Gasteiger partial charge in [0.05, 0.1) is 16.9 Å². The summed E-state index contributed by atoms with van der Waals surface area (Å²) in [7, 11) is 0. The zero-order chi connectivity index (χ0) is 19.3. The molecule has 1 fully saturated rings. The molecule has 0 radical (unpaired) electrons. The predicted octanol–water partition coefficient (Wildman–Crippen LogP) is 2.80. The fourth-order valence-corrected chi connectivity index (χ4v) is 3.33. The Bertz CT molecular complexity index is 698. The summed E-state index contributed by atoms with van der Waals surface area (Å²) in [5, 5.41) is 9.92. The minimum absolute atomic E-state index is 0.257. The number of halogens is 2. The van der Waals surface area contributed by atoms with Gasteiger partial charge in [0.1, 0.15) is 5.75 Å². The van der Waals surface area contributed by atoms with Crippen molar-refractivity contribution in [3.8, 4) is 5.75 Å². The highest BCUT2D eigenvalue weighted by molar-refractivity contribution is 6.35. The molecule has 1 aromatic rings. The lowest BCUT2D eigenvalue weighted by molar-refractivity contribution is -0.149. The van der Waals surface area contributed by atoms with Crippen LogP contribution in [0.1, 0.15) is 32.6 Å². The van der Waals surface area contributed by atoms with Gasteiger partial charge in [0.2, 0.25) is 5.91 Å². The van der Waals surface area contributed by atoms with E-state index in [-0.39, 0.29) is 10.8 Å². The molecular formula is C17H20Cl2N2O5. The molecule has 0 heterocycles. The molecule has 0 spiro atoms. The normalized spacial score (nSPS) is 20.7. The monoisotopic (exact) mass is 402 g/mol. The molecule has 1 saturated carbocycles. The van der Waals surface area contributed by atoms with E-state index in [2.05, 4.69) is 10.9 Å². The number of benzene rings is 1. The second-order valence-electron chi connectivity index (χ2n) is 6.15. The number of aliphatic carboxylic acids is 1. The standard InChI is InChI=1S/C17H20Cl2N2O5/c1-9(26-14-7-6-10(18)8-13(14)19)15(22)20-21-16(23)11-4-2-3-5-12(11)17(24)25/h6-9,11-12H,2-5H2,1H3,(H,20,22)(H,21,23)(H,24,25)/t9-,11+,12+/m0/s1. The summed E-state index contributed by atoms with van der Waals surface area (Å²) in [5.41, 5.74) is 4.56. The summed E-state index contributed by atoms with van der Waals surface area (Å²) in [6, 6.07) is 4.59. The second kappa shape index (κ2) is 9.09. The molecule has 2 amide bonds. The van der Waals surface area contributed by atoms with Crippen molar-refractivity contribution in [2.45, 2.75) is 38.7 Å². The first kappa shape index (κ1) is 20.3. The first-order valence-electron chi connectivity index (χ1n) is 8.24. The predicted molar refractivity (Wildman–Crippen MR) is 95.9 cm³/mol. The van der Waals surface area contributed by atoms with Crippen molar-refractivity contribution in [2.75, 3.05) is 0 Å². The lowest BCUT2D eigenvalue weighted by Gasteiger charge is -2.27. The third-order valence-electron chi connectivity index (χ3n) is 4.30. The van der Waals surface area contributed by atoms with E-state index in [0.717, 1.165) is 12.8 Å². The van der Waals surface area contributed by atoms with Crippen LogP contribution in [0.2, 0.25) is 10.0 Å². The van der Waals surface area contributed by atoms with Crippen LogP contribution in [-0.4, -0.2) is 29.0 Å². The van der Waals surface area contributed by atoms with E-state index in [0.29, 0.717) is 17.9 Å². The van der Waals surface area contributed by atoms with Crippen molar-refractivity contribution in [3.05, 3.63) is 28.2 Å². The summed E-state index contributed by atoms with van der Waals surface area (Å²) in [6.45, 7) is 1.49. The maximum absolute atomic E-state index is 12.2. The molecule has 0 aliphatic heterocycles. The van der Waals surface area contributed by atoms with Gasteiger partial charge in [-0.1, -0.05) is 36.0 Å². The zero-order valence-corrected chi connectivity index (χ0v) is 15.6. The number of carbonyl (C=O) groups excluding carboxylic acids is 2. The summed E-state index contributed by atoms with van der Waals surface area (Å²) >= 11 is 11.8. The van der Waals surface area contributed by atoms with Crippen molar-refractivity contribution >= 4 is 41.0 Å². The SMILES string of the molecule is C[C@H](Oc1ccc(Cl)cc1Cl)C(=O)NNC(=O)[C@@H]1CCCC[C@H]1C(=O)O. The molecule has 0 bridgehead atoms. The Hall–Kier alpha value is -1.99. The van der Waals surface area contributed by atoms with Gasteiger partial charge in [-0.05, 0) is 38.0 Å². The van der Waals surface area contributed by atoms with Crippen molar-refractivity contribution < 1.29 is 24.2 Å². The third kappa shape index (κ3) is 5.25. The maximum atomic E-state index is 12.2. The second-order valence-corrected chi connectivity index (χ2v) is 6.99. The number of carboxylic acid groups (broad SMARTS) is 1. The van der Waals surface area contributed by atoms with Crippen LogP contribution in [0, 0.1) is 11.8 Å². The van der Waals surface area contributed by atoms with E-state index in [4.69, 9.17) is 27.9 Å². The van der Waals surface area contributed by atoms with E-state index in [1.165, 1.54) is 19.1 Å². The lowest BCUT2D eigenvalue weighted by Crippen LogP contribution is -2.51. The number of carboxylic acids is 1. The maximum Gasteiger partial charge on any atom is 0.307 e. The molecule has 1 aliphatic rings. The molecule has 3 N–H and O–H groups in total. The molecule has 3 atom stereocenters. The van der Waals surface area contributed by atoms with Crippen LogP contribution in [0.25, 0.3) is 0 Å². The number of carbonyl (C=O) groups is 3. The number of amides is 2. The van der Waals surface area contributed by atoms with Gasteiger partial charge in [-0.25, -0.2) is 0 Å². The van der Waals surface area contributed by atoms with Gasteiger partial charge in [-0.3, -0.25) is 25.2 Å². The summed E-state index contributed by atoms with van der Waals surface area (Å²) in [5.74, 6) is -3.21. The first-order valence-corrected chi connectivity index (χ1v) is 8.99. The highest BCUT2D eigenvalue weighted by atomic mass is 35.5. The Morgan fingerprint density at radius 1 is 1.15 bits per heavy atom. The van der Waals surface area contributed by atoms with Gasteiger partial charge in [0.15, 0.2) is 6.10 Å². The number of hydrogen-bond acceptors (Lipinski definition) is 4. The molecule has 0 unspecified atom stereocenters. The van der Waals surface area contributed by atoms with Gasteiger partial charge in [-0.2, -0.15) is 0 Å². The first-order chi connectivity index (χ1) is 12.3. The summed E-state index contributed by atoms with van der Waals surface area (Å²) in [6.07, 6.45) is 1.56. The largest absolute Gasteiger partial charge is 0.481 e. The van der Waals surface area contributed by atoms with Crippen LogP contribution >= 0.6 is 23.2 Å². The van der Waals surface area contributed by atoms with Crippen LogP contribution in [0.5, 0.6) is 5.75 Å². The Morgan fingerprint density at radius 3 is 2.42 bits per heavy atom. The van der Waals surface area contributed by atoms with Crippen LogP contribution in [0.15, 0.2) is 18.2 Å². The Kier molecular flexibility index (Phi) is 7.11. The van der Waals surface area contributed by atoms with Gasteiger partial charge in [-0.15, -0.1) is 0 Å². The minimum Gasteiger partial charge on any atom is -0.481 e. The van der Waals surface area contributed by atoms with E-state index in [1.807, 2.05) is 0 Å². The topological polar surface area (TPSA) is 105 Å². The average molecular weight is 403 g/mol. The molecule has 2 rings (SSSR count). The van der Waals surface area contributed by atoms with E-state index >= 15 is 0 Å². The molecule has 9 heteroatoms. The summed E-state index contributed by atoms with van der Waals surface area (Å²) in [4.78, 5) is 35.6. The molecular weight excluding hydrogens is 383 g/mol. The van der Waals surface area contributed by atoms with Crippen LogP contribution in [-0.2, 0) is 14.4 Å². The number of hydrogen-bond donors (Lipinski definition) is 3. The Labute approximate surface area is 161 Å². The summed E-state index contributed by atoms with van der Waals surface area (Å²) < 4.78 is 5.45. The molecule has 0 saturated heterocycles. The number of ether oxygens (including phenoxy) is 1.